The van der Waals surface area contributed by atoms with Gasteiger partial charge in [-0.15, -0.1) is 0 Å². The molecule has 3 nitrogen and oxygen atoms in total. The number of hydrogen-bond donors (Lipinski definition) is 0. The Kier molecular flexibility index (Phi) is 6.45. The topological polar surface area (TPSA) is 27.7 Å². The van der Waals surface area contributed by atoms with Gasteiger partial charge in [-0.2, -0.15) is 0 Å². The van der Waals surface area contributed by atoms with Gasteiger partial charge in [0.25, 0.3) is 0 Å². The van der Waals surface area contributed by atoms with E-state index in [-0.39, 0.29) is 0 Å². The maximum Gasteiger partial charge on any atom is 0.124 e. The van der Waals surface area contributed by atoms with Crippen LogP contribution in [0.1, 0.15) is 12.5 Å². The van der Waals surface area contributed by atoms with Crippen molar-refractivity contribution in [1.29, 1.82) is 0 Å². The molecule has 90 valence electrons. The van der Waals surface area contributed by atoms with Crippen LogP contribution in [0.25, 0.3) is 0 Å². The lowest BCUT2D eigenvalue weighted by Gasteiger charge is -2.09. The highest BCUT2D eigenvalue weighted by Crippen LogP contribution is 2.23. The molecular weight excluding hydrogens is 272 g/mol. The predicted molar refractivity (Wildman–Crippen MR) is 66.8 cm³/mol. The molecule has 1 rings (SSSR count). The first-order valence-corrected chi connectivity index (χ1v) is 6.05. The largest absolute Gasteiger partial charge is 0.496 e. The van der Waals surface area contributed by atoms with Crippen LogP contribution < -0.4 is 4.74 Å². The van der Waals surface area contributed by atoms with E-state index in [1.165, 1.54) is 0 Å². The molecule has 0 aliphatic carbocycles. The number of methoxy groups -OCH3 is 1. The number of hydrogen-bond acceptors (Lipinski definition) is 3. The van der Waals surface area contributed by atoms with Gasteiger partial charge in [0.1, 0.15) is 5.75 Å². The Bertz CT molecular complexity index is 315. The molecule has 4 heteroatoms. The molecular formula is C12H17BrO3. The first-order valence-electron chi connectivity index (χ1n) is 5.25. The summed E-state index contributed by atoms with van der Waals surface area (Å²) in [7, 11) is 1.66. The molecule has 0 atom stereocenters. The van der Waals surface area contributed by atoms with Gasteiger partial charge in [-0.3, -0.25) is 0 Å². The van der Waals surface area contributed by atoms with Crippen molar-refractivity contribution >= 4 is 15.9 Å². The smallest absolute Gasteiger partial charge is 0.124 e. The standard InChI is InChI=1S/C12H17BrO3/c1-3-15-6-7-16-9-10-8-11(13)4-5-12(10)14-2/h4-5,8H,3,6-7,9H2,1-2H3. The summed E-state index contributed by atoms with van der Waals surface area (Å²) in [5.74, 6) is 0.847. The van der Waals surface area contributed by atoms with E-state index >= 15 is 0 Å². The second-order valence-corrected chi connectivity index (χ2v) is 4.12. The summed E-state index contributed by atoms with van der Waals surface area (Å²) in [4.78, 5) is 0. The molecule has 0 saturated carbocycles. The Hall–Kier alpha value is -0.580. The highest BCUT2D eigenvalue weighted by molar-refractivity contribution is 9.10. The van der Waals surface area contributed by atoms with Gasteiger partial charge >= 0.3 is 0 Å². The van der Waals surface area contributed by atoms with Crippen LogP contribution in [0.5, 0.6) is 5.75 Å². The third kappa shape index (κ3) is 4.51. The van der Waals surface area contributed by atoms with Crippen LogP contribution in [0.3, 0.4) is 0 Å². The molecule has 16 heavy (non-hydrogen) atoms. The fraction of sp³-hybridized carbons (Fsp3) is 0.500. The van der Waals surface area contributed by atoms with Crippen molar-refractivity contribution in [2.24, 2.45) is 0 Å². The summed E-state index contributed by atoms with van der Waals surface area (Å²) in [5, 5.41) is 0. The van der Waals surface area contributed by atoms with E-state index in [1.807, 2.05) is 25.1 Å². The van der Waals surface area contributed by atoms with Crippen LogP contribution in [0.15, 0.2) is 22.7 Å². The van der Waals surface area contributed by atoms with Crippen molar-refractivity contribution in [2.75, 3.05) is 26.9 Å². The van der Waals surface area contributed by atoms with Crippen molar-refractivity contribution in [3.63, 3.8) is 0 Å². The fourth-order valence-corrected chi connectivity index (χ4v) is 1.71. The average molecular weight is 289 g/mol. The molecule has 0 spiro atoms. The molecule has 0 fully saturated rings. The number of rotatable bonds is 7. The van der Waals surface area contributed by atoms with E-state index in [4.69, 9.17) is 14.2 Å². The van der Waals surface area contributed by atoms with Gasteiger partial charge in [0, 0.05) is 16.6 Å². The number of ether oxygens (including phenoxy) is 3. The van der Waals surface area contributed by atoms with Gasteiger partial charge in [0.05, 0.1) is 26.9 Å². The molecule has 0 aromatic heterocycles. The Morgan fingerprint density at radius 2 is 1.94 bits per heavy atom. The first kappa shape index (κ1) is 13.5. The van der Waals surface area contributed by atoms with E-state index in [0.717, 1.165) is 22.4 Å². The fourth-order valence-electron chi connectivity index (χ4n) is 1.30. The molecule has 0 saturated heterocycles. The quantitative estimate of drug-likeness (QED) is 0.722. The summed E-state index contributed by atoms with van der Waals surface area (Å²) in [6, 6.07) is 5.87. The zero-order chi connectivity index (χ0) is 11.8. The third-order valence-electron chi connectivity index (χ3n) is 2.08. The van der Waals surface area contributed by atoms with Crippen LogP contribution in [0.4, 0.5) is 0 Å². The zero-order valence-corrected chi connectivity index (χ0v) is 11.2. The van der Waals surface area contributed by atoms with Crippen LogP contribution in [0.2, 0.25) is 0 Å². The summed E-state index contributed by atoms with van der Waals surface area (Å²) >= 11 is 3.42. The Labute approximate surface area is 105 Å². The molecule has 0 bridgehead atoms. The normalized spacial score (nSPS) is 10.4. The zero-order valence-electron chi connectivity index (χ0n) is 9.66. The Morgan fingerprint density at radius 1 is 1.19 bits per heavy atom. The molecule has 0 N–H and O–H groups in total. The minimum atomic E-state index is 0.537. The van der Waals surface area contributed by atoms with Gasteiger partial charge in [-0.1, -0.05) is 15.9 Å². The second kappa shape index (κ2) is 7.65. The van der Waals surface area contributed by atoms with Crippen molar-refractivity contribution in [3.8, 4) is 5.75 Å². The van der Waals surface area contributed by atoms with Crippen LogP contribution in [-0.4, -0.2) is 26.9 Å². The van der Waals surface area contributed by atoms with Gasteiger partial charge in [-0.25, -0.2) is 0 Å². The monoisotopic (exact) mass is 288 g/mol. The van der Waals surface area contributed by atoms with Gasteiger partial charge in [-0.05, 0) is 25.1 Å². The molecule has 0 unspecified atom stereocenters. The molecule has 0 radical (unpaired) electrons. The van der Waals surface area contributed by atoms with Gasteiger partial charge in [0.2, 0.25) is 0 Å². The van der Waals surface area contributed by atoms with Gasteiger partial charge in [0.15, 0.2) is 0 Å². The number of halogens is 1. The highest BCUT2D eigenvalue weighted by Gasteiger charge is 2.03. The summed E-state index contributed by atoms with van der Waals surface area (Å²) in [6.45, 7) is 4.47. The molecule has 0 heterocycles. The average Bonchev–Trinajstić information content (AvgIpc) is 2.29. The van der Waals surface area contributed by atoms with E-state index in [9.17, 15) is 0 Å². The third-order valence-corrected chi connectivity index (χ3v) is 2.57. The predicted octanol–water partition coefficient (Wildman–Crippen LogP) is 3.01. The molecule has 0 aliphatic heterocycles. The lowest BCUT2D eigenvalue weighted by atomic mass is 10.2. The summed E-state index contributed by atoms with van der Waals surface area (Å²) < 4.78 is 17.0. The van der Waals surface area contributed by atoms with E-state index in [0.29, 0.717) is 19.8 Å². The minimum Gasteiger partial charge on any atom is -0.496 e. The SMILES string of the molecule is CCOCCOCc1cc(Br)ccc1OC. The maximum absolute atomic E-state index is 5.49. The second-order valence-electron chi connectivity index (χ2n) is 3.21. The highest BCUT2D eigenvalue weighted by atomic mass is 79.9. The van der Waals surface area contributed by atoms with Crippen molar-refractivity contribution < 1.29 is 14.2 Å². The van der Waals surface area contributed by atoms with Crippen LogP contribution >= 0.6 is 15.9 Å². The molecule has 0 amide bonds. The van der Waals surface area contributed by atoms with E-state index < -0.39 is 0 Å². The summed E-state index contributed by atoms with van der Waals surface area (Å²) in [5.41, 5.74) is 1.04. The summed E-state index contributed by atoms with van der Waals surface area (Å²) in [6.07, 6.45) is 0. The molecule has 1 aromatic rings. The Morgan fingerprint density at radius 3 is 2.62 bits per heavy atom. The van der Waals surface area contributed by atoms with Gasteiger partial charge < -0.3 is 14.2 Å². The van der Waals surface area contributed by atoms with E-state index in [2.05, 4.69) is 15.9 Å². The van der Waals surface area contributed by atoms with Crippen LogP contribution in [0, 0.1) is 0 Å². The molecule has 1 aromatic carbocycles. The lowest BCUT2D eigenvalue weighted by Crippen LogP contribution is -2.04. The van der Waals surface area contributed by atoms with E-state index in [1.54, 1.807) is 7.11 Å². The minimum absolute atomic E-state index is 0.537. The van der Waals surface area contributed by atoms with Crippen LogP contribution in [-0.2, 0) is 16.1 Å². The van der Waals surface area contributed by atoms with Crippen molar-refractivity contribution in [3.05, 3.63) is 28.2 Å². The number of benzene rings is 1. The molecule has 0 aliphatic rings. The Balaban J connectivity index is 2.42. The first-order chi connectivity index (χ1) is 7.77. The lowest BCUT2D eigenvalue weighted by molar-refractivity contribution is 0.0446. The van der Waals surface area contributed by atoms with Crippen molar-refractivity contribution in [1.82, 2.24) is 0 Å². The van der Waals surface area contributed by atoms with Crippen molar-refractivity contribution in [2.45, 2.75) is 13.5 Å². The maximum atomic E-state index is 5.49.